The highest BCUT2D eigenvalue weighted by Gasteiger charge is 2.39. The van der Waals surface area contributed by atoms with Crippen LogP contribution in [0.3, 0.4) is 0 Å². The van der Waals surface area contributed by atoms with Crippen molar-refractivity contribution in [2.24, 2.45) is 0 Å². The van der Waals surface area contributed by atoms with Gasteiger partial charge in [0.05, 0.1) is 0 Å². The van der Waals surface area contributed by atoms with Crippen molar-refractivity contribution in [1.82, 2.24) is 10.2 Å². The van der Waals surface area contributed by atoms with Crippen molar-refractivity contribution in [3.8, 4) is 11.3 Å². The number of thiocarbonyl (C=S) groups is 1. The van der Waals surface area contributed by atoms with E-state index in [1.165, 1.54) is 6.08 Å². The van der Waals surface area contributed by atoms with Gasteiger partial charge in [-0.05, 0) is 29.9 Å². The Kier molecular flexibility index (Phi) is 5.45. The third kappa shape index (κ3) is 4.01. The van der Waals surface area contributed by atoms with Gasteiger partial charge in [-0.15, -0.1) is 0 Å². The number of carboxylic acids is 1. The third-order valence-corrected chi connectivity index (χ3v) is 5.05. The zero-order chi connectivity index (χ0) is 21.1. The van der Waals surface area contributed by atoms with Crippen molar-refractivity contribution in [2.75, 3.05) is 0 Å². The van der Waals surface area contributed by atoms with Crippen molar-refractivity contribution in [1.29, 1.82) is 0 Å². The fourth-order valence-corrected chi connectivity index (χ4v) is 3.61. The molecule has 1 saturated heterocycles. The number of benzene rings is 2. The van der Waals surface area contributed by atoms with Gasteiger partial charge in [0, 0.05) is 18.1 Å². The van der Waals surface area contributed by atoms with Crippen molar-refractivity contribution in [2.45, 2.75) is 12.5 Å². The molecule has 30 heavy (non-hydrogen) atoms. The Balaban J connectivity index is 1.57. The molecular formula is C23H18N2O4S. The summed E-state index contributed by atoms with van der Waals surface area (Å²) >= 11 is 5.26. The van der Waals surface area contributed by atoms with E-state index in [1.54, 1.807) is 6.07 Å². The lowest BCUT2D eigenvalue weighted by atomic mass is 10.0. The molecule has 2 N–H and O–H groups in total. The molecule has 7 heteroatoms. The molecule has 0 spiro atoms. The molecule has 0 bridgehead atoms. The maximum Gasteiger partial charge on any atom is 0.327 e. The quantitative estimate of drug-likeness (QED) is 0.469. The highest BCUT2D eigenvalue weighted by Crippen LogP contribution is 2.25. The molecule has 6 nitrogen and oxygen atoms in total. The van der Waals surface area contributed by atoms with E-state index in [-0.39, 0.29) is 17.2 Å². The summed E-state index contributed by atoms with van der Waals surface area (Å²) in [6.07, 6.45) is 1.68. The molecule has 2 aromatic carbocycles. The monoisotopic (exact) mass is 418 g/mol. The predicted molar refractivity (Wildman–Crippen MR) is 116 cm³/mol. The number of furan rings is 1. The summed E-state index contributed by atoms with van der Waals surface area (Å²) in [5.41, 5.74) is 1.89. The van der Waals surface area contributed by atoms with E-state index >= 15 is 0 Å². The number of rotatable bonds is 6. The summed E-state index contributed by atoms with van der Waals surface area (Å²) in [6, 6.07) is 21.2. The molecular weight excluding hydrogens is 400 g/mol. The second kappa shape index (κ2) is 8.34. The summed E-state index contributed by atoms with van der Waals surface area (Å²) in [5, 5.41) is 12.6. The van der Waals surface area contributed by atoms with Gasteiger partial charge in [0.2, 0.25) is 0 Å². The van der Waals surface area contributed by atoms with Crippen LogP contribution >= 0.6 is 12.2 Å². The van der Waals surface area contributed by atoms with Gasteiger partial charge in [0.25, 0.3) is 5.91 Å². The molecule has 1 unspecified atom stereocenters. The maximum absolute atomic E-state index is 12.9. The number of amides is 1. The largest absolute Gasteiger partial charge is 0.480 e. The van der Waals surface area contributed by atoms with E-state index in [4.69, 9.17) is 16.6 Å². The average Bonchev–Trinajstić information content (AvgIpc) is 3.32. The van der Waals surface area contributed by atoms with E-state index in [9.17, 15) is 14.7 Å². The molecule has 1 atom stereocenters. The number of nitrogens with zero attached hydrogens (tertiary/aromatic N) is 1. The standard InChI is InChI=1S/C23H18N2O4S/c26-21-18(14-17-11-12-20(29-17)16-9-5-2-6-10-16)24-23(30)25(21)19(22(27)28)13-15-7-3-1-4-8-15/h1-12,14,19H,13H2,(H,24,30)(H,27,28)/b18-14+. The molecule has 1 fully saturated rings. The van der Waals surface area contributed by atoms with Crippen molar-refractivity contribution in [3.05, 3.63) is 89.8 Å². The molecule has 4 rings (SSSR count). The average molecular weight is 418 g/mol. The Labute approximate surface area is 178 Å². The highest BCUT2D eigenvalue weighted by molar-refractivity contribution is 7.80. The number of aliphatic carboxylic acids is 1. The molecule has 1 amide bonds. The van der Waals surface area contributed by atoms with E-state index in [2.05, 4.69) is 5.32 Å². The van der Waals surface area contributed by atoms with Crippen LogP contribution in [-0.4, -0.2) is 33.0 Å². The Morgan fingerprint density at radius 2 is 1.73 bits per heavy atom. The first-order valence-electron chi connectivity index (χ1n) is 9.31. The number of hydrogen-bond donors (Lipinski definition) is 2. The van der Waals surface area contributed by atoms with Crippen LogP contribution in [0, 0.1) is 0 Å². The first kappa shape index (κ1) is 19.6. The Bertz CT molecular complexity index is 1120. The van der Waals surface area contributed by atoms with Crippen LogP contribution in [-0.2, 0) is 16.0 Å². The van der Waals surface area contributed by atoms with Gasteiger partial charge in [-0.2, -0.15) is 0 Å². The second-order valence-electron chi connectivity index (χ2n) is 6.78. The molecule has 1 aliphatic rings. The van der Waals surface area contributed by atoms with Crippen molar-refractivity contribution in [3.63, 3.8) is 0 Å². The first-order chi connectivity index (χ1) is 14.5. The van der Waals surface area contributed by atoms with Crippen molar-refractivity contribution >= 4 is 35.3 Å². The predicted octanol–water partition coefficient (Wildman–Crippen LogP) is 3.70. The highest BCUT2D eigenvalue weighted by atomic mass is 32.1. The number of carboxylic acid groups (broad SMARTS) is 1. The minimum absolute atomic E-state index is 0.0596. The molecule has 2 heterocycles. The van der Waals surface area contributed by atoms with E-state index in [0.717, 1.165) is 16.0 Å². The van der Waals surface area contributed by atoms with E-state index in [1.807, 2.05) is 66.7 Å². The lowest BCUT2D eigenvalue weighted by Gasteiger charge is -2.22. The van der Waals surface area contributed by atoms with Gasteiger partial charge in [-0.3, -0.25) is 9.69 Å². The maximum atomic E-state index is 12.9. The summed E-state index contributed by atoms with van der Waals surface area (Å²) in [4.78, 5) is 25.9. The van der Waals surface area contributed by atoms with Crippen molar-refractivity contribution < 1.29 is 19.1 Å². The van der Waals surface area contributed by atoms with Crippen LogP contribution in [0.25, 0.3) is 17.4 Å². The number of nitrogens with one attached hydrogen (secondary N) is 1. The molecule has 0 radical (unpaired) electrons. The lowest BCUT2D eigenvalue weighted by Crippen LogP contribution is -2.46. The zero-order valence-corrected chi connectivity index (χ0v) is 16.6. The Morgan fingerprint density at radius 3 is 2.40 bits per heavy atom. The molecule has 0 aliphatic carbocycles. The zero-order valence-electron chi connectivity index (χ0n) is 15.8. The number of carbonyl (C=O) groups is 2. The first-order valence-corrected chi connectivity index (χ1v) is 9.72. The summed E-state index contributed by atoms with van der Waals surface area (Å²) in [7, 11) is 0. The fourth-order valence-electron chi connectivity index (χ4n) is 3.29. The van der Waals surface area contributed by atoms with Gasteiger partial charge >= 0.3 is 5.97 Å². The van der Waals surface area contributed by atoms with Gasteiger partial charge in [0.15, 0.2) is 5.11 Å². The smallest absolute Gasteiger partial charge is 0.327 e. The van der Waals surface area contributed by atoms with Gasteiger partial charge in [-0.25, -0.2) is 4.79 Å². The molecule has 0 saturated carbocycles. The normalized spacial score (nSPS) is 16.0. The van der Waals surface area contributed by atoms with Gasteiger partial charge in [0.1, 0.15) is 23.3 Å². The van der Waals surface area contributed by atoms with Crippen LogP contribution in [0.1, 0.15) is 11.3 Å². The van der Waals surface area contributed by atoms with Crippen LogP contribution in [0.4, 0.5) is 0 Å². The van der Waals surface area contributed by atoms with Gasteiger partial charge < -0.3 is 14.8 Å². The summed E-state index contributed by atoms with van der Waals surface area (Å²) in [6.45, 7) is 0. The topological polar surface area (TPSA) is 82.8 Å². The fraction of sp³-hybridized carbons (Fsp3) is 0.0870. The third-order valence-electron chi connectivity index (χ3n) is 4.75. The van der Waals surface area contributed by atoms with Gasteiger partial charge in [-0.1, -0.05) is 60.7 Å². The van der Waals surface area contributed by atoms with Crippen LogP contribution < -0.4 is 5.32 Å². The van der Waals surface area contributed by atoms with Crippen LogP contribution in [0.2, 0.25) is 0 Å². The molecule has 1 aromatic heterocycles. The number of hydrogen-bond acceptors (Lipinski definition) is 4. The molecule has 1 aliphatic heterocycles. The Hall–Kier alpha value is -3.71. The minimum atomic E-state index is -1.12. The molecule has 3 aromatic rings. The summed E-state index contributed by atoms with van der Waals surface area (Å²) < 4.78 is 5.81. The SMILES string of the molecule is O=C(O)C(Cc1ccccc1)N1C(=O)/C(=C\c2ccc(-c3ccccc3)o2)NC1=S. The lowest BCUT2D eigenvalue weighted by molar-refractivity contribution is -0.145. The molecule has 150 valence electrons. The minimum Gasteiger partial charge on any atom is -0.480 e. The summed E-state index contributed by atoms with van der Waals surface area (Å²) in [5.74, 6) is -0.493. The van der Waals surface area contributed by atoms with E-state index in [0.29, 0.717) is 11.5 Å². The number of carbonyl (C=O) groups excluding carboxylic acids is 1. The van der Waals surface area contributed by atoms with E-state index < -0.39 is 17.9 Å². The van der Waals surface area contributed by atoms with Crippen LogP contribution in [0.5, 0.6) is 0 Å². The Morgan fingerprint density at radius 1 is 1.07 bits per heavy atom. The van der Waals surface area contributed by atoms with Crippen LogP contribution in [0.15, 0.2) is 82.9 Å². The second-order valence-corrected chi connectivity index (χ2v) is 7.16.